The summed E-state index contributed by atoms with van der Waals surface area (Å²) in [6, 6.07) is 10.1. The molecule has 2 rings (SSSR count). The fraction of sp³-hybridized carbons (Fsp3) is 0.267. The number of pyridine rings is 1. The quantitative estimate of drug-likeness (QED) is 0.797. The van der Waals surface area contributed by atoms with Gasteiger partial charge in [-0.2, -0.15) is 0 Å². The number of halogens is 1. The standard InChI is InChI=1S/C15H17BrN2OS/c1-2-19-13-6-11(8-18-9-13)15(17)10-20-14-5-3-4-12(16)7-14/h3-9,15H,2,10,17H2,1H3. The minimum atomic E-state index is -0.0631. The maximum atomic E-state index is 6.22. The molecule has 1 unspecified atom stereocenters. The Morgan fingerprint density at radius 2 is 2.20 bits per heavy atom. The molecule has 1 atom stereocenters. The van der Waals surface area contributed by atoms with E-state index in [4.69, 9.17) is 10.5 Å². The van der Waals surface area contributed by atoms with Crippen molar-refractivity contribution in [1.29, 1.82) is 0 Å². The van der Waals surface area contributed by atoms with Gasteiger partial charge in [-0.25, -0.2) is 0 Å². The smallest absolute Gasteiger partial charge is 0.137 e. The third kappa shape index (κ3) is 4.51. The van der Waals surface area contributed by atoms with Crippen LogP contribution in [0.4, 0.5) is 0 Å². The lowest BCUT2D eigenvalue weighted by Gasteiger charge is -2.12. The van der Waals surface area contributed by atoms with Crippen LogP contribution in [0.3, 0.4) is 0 Å². The molecule has 0 aliphatic carbocycles. The summed E-state index contributed by atoms with van der Waals surface area (Å²) < 4.78 is 6.52. The summed E-state index contributed by atoms with van der Waals surface area (Å²) in [6.45, 7) is 2.59. The number of benzene rings is 1. The molecule has 0 aliphatic heterocycles. The number of thioether (sulfide) groups is 1. The van der Waals surface area contributed by atoms with Crippen molar-refractivity contribution in [2.45, 2.75) is 17.9 Å². The van der Waals surface area contributed by atoms with Crippen molar-refractivity contribution in [2.75, 3.05) is 12.4 Å². The number of ether oxygens (including phenoxy) is 1. The normalized spacial score (nSPS) is 12.2. The molecule has 3 nitrogen and oxygen atoms in total. The van der Waals surface area contributed by atoms with E-state index in [0.29, 0.717) is 6.61 Å². The molecular formula is C15H17BrN2OS. The highest BCUT2D eigenvalue weighted by Gasteiger charge is 2.08. The van der Waals surface area contributed by atoms with E-state index >= 15 is 0 Å². The zero-order chi connectivity index (χ0) is 14.4. The zero-order valence-electron chi connectivity index (χ0n) is 11.3. The third-order valence-corrected chi connectivity index (χ3v) is 4.31. The van der Waals surface area contributed by atoms with Crippen molar-refractivity contribution in [3.05, 3.63) is 52.8 Å². The Morgan fingerprint density at radius 3 is 2.95 bits per heavy atom. The van der Waals surface area contributed by atoms with Gasteiger partial charge in [0.15, 0.2) is 0 Å². The summed E-state index contributed by atoms with van der Waals surface area (Å²) in [5.41, 5.74) is 7.22. The van der Waals surface area contributed by atoms with Crippen molar-refractivity contribution in [3.63, 3.8) is 0 Å². The predicted octanol–water partition coefficient (Wildman–Crippen LogP) is 4.03. The fourth-order valence-electron chi connectivity index (χ4n) is 1.72. The minimum absolute atomic E-state index is 0.0631. The van der Waals surface area contributed by atoms with Crippen molar-refractivity contribution in [1.82, 2.24) is 4.98 Å². The monoisotopic (exact) mass is 352 g/mol. The summed E-state index contributed by atoms with van der Waals surface area (Å²) in [7, 11) is 0. The van der Waals surface area contributed by atoms with E-state index in [1.165, 1.54) is 4.90 Å². The van der Waals surface area contributed by atoms with Crippen molar-refractivity contribution in [3.8, 4) is 5.75 Å². The van der Waals surface area contributed by atoms with Crippen molar-refractivity contribution >= 4 is 27.7 Å². The van der Waals surface area contributed by atoms with Gasteiger partial charge in [-0.3, -0.25) is 4.98 Å². The predicted molar refractivity (Wildman–Crippen MR) is 87.2 cm³/mol. The molecule has 0 bridgehead atoms. The molecule has 2 aromatic rings. The van der Waals surface area contributed by atoms with Crippen LogP contribution >= 0.6 is 27.7 Å². The highest BCUT2D eigenvalue weighted by Crippen LogP contribution is 2.26. The Bertz CT molecular complexity index is 565. The van der Waals surface area contributed by atoms with E-state index in [0.717, 1.165) is 21.5 Å². The van der Waals surface area contributed by atoms with Crippen LogP contribution in [-0.4, -0.2) is 17.3 Å². The van der Waals surface area contributed by atoms with Crippen molar-refractivity contribution in [2.24, 2.45) is 5.73 Å². The van der Waals surface area contributed by atoms with Crippen LogP contribution in [0.25, 0.3) is 0 Å². The number of hydrogen-bond donors (Lipinski definition) is 1. The largest absolute Gasteiger partial charge is 0.492 e. The maximum Gasteiger partial charge on any atom is 0.137 e. The Hall–Kier alpha value is -1.04. The molecule has 0 spiro atoms. The molecule has 0 amide bonds. The zero-order valence-corrected chi connectivity index (χ0v) is 13.7. The highest BCUT2D eigenvalue weighted by molar-refractivity contribution is 9.10. The van der Waals surface area contributed by atoms with E-state index in [2.05, 4.69) is 33.0 Å². The molecule has 0 fully saturated rings. The maximum absolute atomic E-state index is 6.22. The van der Waals surface area contributed by atoms with Gasteiger partial charge in [-0.15, -0.1) is 11.8 Å². The van der Waals surface area contributed by atoms with Crippen LogP contribution < -0.4 is 10.5 Å². The van der Waals surface area contributed by atoms with Crippen LogP contribution in [0, 0.1) is 0 Å². The first-order chi connectivity index (χ1) is 9.69. The Balaban J connectivity index is 1.97. The molecule has 5 heteroatoms. The molecule has 1 aromatic heterocycles. The van der Waals surface area contributed by atoms with E-state index < -0.39 is 0 Å². The lowest BCUT2D eigenvalue weighted by Crippen LogP contribution is -2.13. The molecule has 1 aromatic carbocycles. The van der Waals surface area contributed by atoms with E-state index in [1.807, 2.05) is 25.1 Å². The topological polar surface area (TPSA) is 48.1 Å². The van der Waals surface area contributed by atoms with E-state index in [-0.39, 0.29) is 6.04 Å². The van der Waals surface area contributed by atoms with Crippen LogP contribution in [0.2, 0.25) is 0 Å². The Kier molecular flexibility index (Phi) is 5.88. The van der Waals surface area contributed by atoms with Gasteiger partial charge in [-0.1, -0.05) is 22.0 Å². The van der Waals surface area contributed by atoms with Gasteiger partial charge in [0.1, 0.15) is 5.75 Å². The Morgan fingerprint density at radius 1 is 1.35 bits per heavy atom. The summed E-state index contributed by atoms with van der Waals surface area (Å²) in [4.78, 5) is 5.37. The van der Waals surface area contributed by atoms with Crippen LogP contribution in [0.1, 0.15) is 18.5 Å². The van der Waals surface area contributed by atoms with Crippen LogP contribution in [0.5, 0.6) is 5.75 Å². The first kappa shape index (κ1) is 15.4. The van der Waals surface area contributed by atoms with Gasteiger partial charge in [0.25, 0.3) is 0 Å². The molecule has 0 saturated heterocycles. The first-order valence-electron chi connectivity index (χ1n) is 6.40. The molecule has 2 N–H and O–H groups in total. The lowest BCUT2D eigenvalue weighted by molar-refractivity contribution is 0.338. The van der Waals surface area contributed by atoms with Gasteiger partial charge in [-0.05, 0) is 36.8 Å². The first-order valence-corrected chi connectivity index (χ1v) is 8.18. The molecule has 20 heavy (non-hydrogen) atoms. The third-order valence-electron chi connectivity index (χ3n) is 2.70. The summed E-state index contributed by atoms with van der Waals surface area (Å²) in [6.07, 6.45) is 3.51. The van der Waals surface area contributed by atoms with Crippen molar-refractivity contribution < 1.29 is 4.74 Å². The molecule has 0 saturated carbocycles. The number of nitrogens with two attached hydrogens (primary N) is 1. The van der Waals surface area contributed by atoms with Gasteiger partial charge in [0.2, 0.25) is 0 Å². The number of hydrogen-bond acceptors (Lipinski definition) is 4. The summed E-state index contributed by atoms with van der Waals surface area (Å²) >= 11 is 5.20. The van der Waals surface area contributed by atoms with Crippen LogP contribution in [-0.2, 0) is 0 Å². The van der Waals surface area contributed by atoms with Gasteiger partial charge in [0, 0.05) is 27.4 Å². The second-order valence-electron chi connectivity index (χ2n) is 4.26. The second kappa shape index (κ2) is 7.67. The highest BCUT2D eigenvalue weighted by atomic mass is 79.9. The minimum Gasteiger partial charge on any atom is -0.492 e. The molecular weight excluding hydrogens is 336 g/mol. The SMILES string of the molecule is CCOc1cncc(C(N)CSc2cccc(Br)c2)c1. The fourth-order valence-corrected chi connectivity index (χ4v) is 3.22. The Labute approximate surface area is 132 Å². The number of nitrogens with zero attached hydrogens (tertiary/aromatic N) is 1. The number of rotatable bonds is 6. The van der Waals surface area contributed by atoms with E-state index in [1.54, 1.807) is 24.2 Å². The average molecular weight is 353 g/mol. The van der Waals surface area contributed by atoms with Gasteiger partial charge < -0.3 is 10.5 Å². The van der Waals surface area contributed by atoms with Gasteiger partial charge in [0.05, 0.1) is 12.8 Å². The molecule has 1 heterocycles. The average Bonchev–Trinajstić information content (AvgIpc) is 2.45. The van der Waals surface area contributed by atoms with Gasteiger partial charge >= 0.3 is 0 Å². The van der Waals surface area contributed by atoms with E-state index in [9.17, 15) is 0 Å². The molecule has 0 radical (unpaired) electrons. The lowest BCUT2D eigenvalue weighted by atomic mass is 10.1. The second-order valence-corrected chi connectivity index (χ2v) is 6.27. The summed E-state index contributed by atoms with van der Waals surface area (Å²) in [5.74, 6) is 1.57. The molecule has 106 valence electrons. The summed E-state index contributed by atoms with van der Waals surface area (Å²) in [5, 5.41) is 0. The molecule has 0 aliphatic rings. The number of aromatic nitrogens is 1. The van der Waals surface area contributed by atoms with Crippen LogP contribution in [0.15, 0.2) is 52.1 Å².